The molecular weight excluding hydrogens is 210 g/mol. The van der Waals surface area contributed by atoms with E-state index in [1.54, 1.807) is 0 Å². The van der Waals surface area contributed by atoms with Crippen LogP contribution in [-0.4, -0.2) is 29.1 Å². The van der Waals surface area contributed by atoms with Crippen molar-refractivity contribution in [2.75, 3.05) is 13.1 Å². The van der Waals surface area contributed by atoms with E-state index < -0.39 is 0 Å². The maximum atomic E-state index is 10.3. The lowest BCUT2D eigenvalue weighted by Gasteiger charge is -2.26. The molecule has 2 heteroatoms. The highest BCUT2D eigenvalue weighted by molar-refractivity contribution is 5.17. The van der Waals surface area contributed by atoms with Crippen LogP contribution in [0.4, 0.5) is 0 Å². The SMILES string of the molecule is O[C@@H](CN1CC[C@H]2CCC[C@H]21)c1ccccc1. The predicted molar refractivity (Wildman–Crippen MR) is 68.7 cm³/mol. The molecule has 1 saturated heterocycles. The number of rotatable bonds is 3. The Morgan fingerprint density at radius 2 is 2.00 bits per heavy atom. The second-order valence-electron chi connectivity index (χ2n) is 5.47. The van der Waals surface area contributed by atoms with Crippen molar-refractivity contribution in [3.8, 4) is 0 Å². The van der Waals surface area contributed by atoms with Crippen LogP contribution in [-0.2, 0) is 0 Å². The van der Waals surface area contributed by atoms with Crippen LogP contribution in [0.1, 0.15) is 37.4 Å². The third kappa shape index (κ3) is 2.24. The summed E-state index contributed by atoms with van der Waals surface area (Å²) in [5.41, 5.74) is 1.05. The Hall–Kier alpha value is -0.860. The van der Waals surface area contributed by atoms with Gasteiger partial charge in [-0.1, -0.05) is 36.8 Å². The molecule has 2 nitrogen and oxygen atoms in total. The van der Waals surface area contributed by atoms with Gasteiger partial charge in [-0.3, -0.25) is 4.90 Å². The van der Waals surface area contributed by atoms with E-state index in [0.29, 0.717) is 0 Å². The molecule has 2 fully saturated rings. The molecule has 3 atom stereocenters. The molecule has 1 aromatic carbocycles. The topological polar surface area (TPSA) is 23.5 Å². The highest BCUT2D eigenvalue weighted by atomic mass is 16.3. The molecule has 1 N–H and O–H groups in total. The van der Waals surface area contributed by atoms with E-state index in [4.69, 9.17) is 0 Å². The summed E-state index contributed by atoms with van der Waals surface area (Å²) in [5.74, 6) is 0.915. The molecular formula is C15H21NO. The van der Waals surface area contributed by atoms with Crippen molar-refractivity contribution in [2.45, 2.75) is 37.8 Å². The fourth-order valence-electron chi connectivity index (χ4n) is 3.56. The normalized spacial score (nSPS) is 30.4. The lowest BCUT2D eigenvalue weighted by molar-refractivity contribution is 0.103. The smallest absolute Gasteiger partial charge is 0.0917 e. The van der Waals surface area contributed by atoms with E-state index in [9.17, 15) is 5.11 Å². The number of β-amino-alcohol motifs (C(OH)–C–C–N with tert-alkyl or cyclic N) is 1. The minimum atomic E-state index is -0.324. The van der Waals surface area contributed by atoms with Crippen molar-refractivity contribution in [1.82, 2.24) is 4.90 Å². The molecule has 0 aromatic heterocycles. The lowest BCUT2D eigenvalue weighted by Crippen LogP contribution is -2.33. The van der Waals surface area contributed by atoms with E-state index in [2.05, 4.69) is 4.90 Å². The molecule has 0 bridgehead atoms. The van der Waals surface area contributed by atoms with Gasteiger partial charge in [0.2, 0.25) is 0 Å². The molecule has 0 unspecified atom stereocenters. The van der Waals surface area contributed by atoms with Crippen LogP contribution in [0, 0.1) is 5.92 Å². The fourth-order valence-corrected chi connectivity index (χ4v) is 3.56. The van der Waals surface area contributed by atoms with Crippen LogP contribution < -0.4 is 0 Å². The Morgan fingerprint density at radius 1 is 1.18 bits per heavy atom. The maximum absolute atomic E-state index is 10.3. The van der Waals surface area contributed by atoms with Gasteiger partial charge < -0.3 is 5.11 Å². The Balaban J connectivity index is 1.64. The number of aliphatic hydroxyl groups excluding tert-OH is 1. The minimum Gasteiger partial charge on any atom is -0.387 e. The predicted octanol–water partition coefficient (Wildman–Crippen LogP) is 2.59. The Labute approximate surface area is 103 Å². The first-order valence-corrected chi connectivity index (χ1v) is 6.81. The number of fused-ring (bicyclic) bond motifs is 1. The summed E-state index contributed by atoms with van der Waals surface area (Å²) >= 11 is 0. The highest BCUT2D eigenvalue weighted by Crippen LogP contribution is 2.38. The van der Waals surface area contributed by atoms with Crippen molar-refractivity contribution in [2.24, 2.45) is 5.92 Å². The van der Waals surface area contributed by atoms with E-state index in [1.165, 1.54) is 32.2 Å². The zero-order valence-electron chi connectivity index (χ0n) is 10.3. The Kier molecular flexibility index (Phi) is 3.17. The second-order valence-corrected chi connectivity index (χ2v) is 5.47. The van der Waals surface area contributed by atoms with Gasteiger partial charge in [-0.25, -0.2) is 0 Å². The Morgan fingerprint density at radius 3 is 2.82 bits per heavy atom. The van der Waals surface area contributed by atoms with Gasteiger partial charge in [0.15, 0.2) is 0 Å². The average Bonchev–Trinajstić information content (AvgIpc) is 2.95. The monoisotopic (exact) mass is 231 g/mol. The van der Waals surface area contributed by atoms with Crippen LogP contribution in [0.25, 0.3) is 0 Å². The van der Waals surface area contributed by atoms with Gasteiger partial charge >= 0.3 is 0 Å². The van der Waals surface area contributed by atoms with Gasteiger partial charge in [-0.05, 0) is 37.3 Å². The summed E-state index contributed by atoms with van der Waals surface area (Å²) in [6.45, 7) is 1.99. The van der Waals surface area contributed by atoms with Gasteiger partial charge in [0.05, 0.1) is 6.10 Å². The van der Waals surface area contributed by atoms with E-state index in [0.717, 1.165) is 24.1 Å². The number of nitrogens with zero attached hydrogens (tertiary/aromatic N) is 1. The van der Waals surface area contributed by atoms with Gasteiger partial charge in [0.25, 0.3) is 0 Å². The van der Waals surface area contributed by atoms with Crippen LogP contribution >= 0.6 is 0 Å². The van der Waals surface area contributed by atoms with Gasteiger partial charge in [0.1, 0.15) is 0 Å². The maximum Gasteiger partial charge on any atom is 0.0917 e. The number of hydrogen-bond acceptors (Lipinski definition) is 2. The molecule has 3 rings (SSSR count). The van der Waals surface area contributed by atoms with Gasteiger partial charge in [-0.2, -0.15) is 0 Å². The van der Waals surface area contributed by atoms with Crippen LogP contribution in [0.15, 0.2) is 30.3 Å². The largest absolute Gasteiger partial charge is 0.387 e. The summed E-state index contributed by atoms with van der Waals surface area (Å²) < 4.78 is 0. The fraction of sp³-hybridized carbons (Fsp3) is 0.600. The molecule has 0 radical (unpaired) electrons. The van der Waals surface area contributed by atoms with Crippen molar-refractivity contribution < 1.29 is 5.11 Å². The molecule has 1 heterocycles. The molecule has 1 aliphatic heterocycles. The first-order chi connectivity index (χ1) is 8.34. The highest BCUT2D eigenvalue weighted by Gasteiger charge is 2.37. The molecule has 92 valence electrons. The van der Waals surface area contributed by atoms with E-state index >= 15 is 0 Å². The molecule has 17 heavy (non-hydrogen) atoms. The summed E-state index contributed by atoms with van der Waals surface area (Å²) in [7, 11) is 0. The second kappa shape index (κ2) is 4.79. The van der Waals surface area contributed by atoms with Crippen LogP contribution in [0.5, 0.6) is 0 Å². The van der Waals surface area contributed by atoms with Crippen molar-refractivity contribution in [3.63, 3.8) is 0 Å². The van der Waals surface area contributed by atoms with Crippen molar-refractivity contribution in [3.05, 3.63) is 35.9 Å². The summed E-state index contributed by atoms with van der Waals surface area (Å²) in [4.78, 5) is 2.51. The number of aliphatic hydroxyl groups is 1. The van der Waals surface area contributed by atoms with Gasteiger partial charge in [0, 0.05) is 12.6 Å². The molecule has 1 saturated carbocycles. The summed E-state index contributed by atoms with van der Waals surface area (Å²) in [5, 5.41) is 10.3. The molecule has 2 aliphatic rings. The Bertz CT molecular complexity index is 364. The number of benzene rings is 1. The number of hydrogen-bond donors (Lipinski definition) is 1. The number of likely N-dealkylation sites (tertiary alicyclic amines) is 1. The molecule has 0 amide bonds. The van der Waals surface area contributed by atoms with Crippen molar-refractivity contribution in [1.29, 1.82) is 0 Å². The minimum absolute atomic E-state index is 0.324. The van der Waals surface area contributed by atoms with Crippen LogP contribution in [0.2, 0.25) is 0 Å². The zero-order valence-corrected chi connectivity index (χ0v) is 10.3. The first kappa shape index (κ1) is 11.2. The van der Waals surface area contributed by atoms with Crippen LogP contribution in [0.3, 0.4) is 0 Å². The summed E-state index contributed by atoms with van der Waals surface area (Å²) in [6, 6.07) is 10.8. The first-order valence-electron chi connectivity index (χ1n) is 6.81. The van der Waals surface area contributed by atoms with Crippen molar-refractivity contribution >= 4 is 0 Å². The summed E-state index contributed by atoms with van der Waals surface area (Å²) in [6.07, 6.45) is 5.14. The lowest BCUT2D eigenvalue weighted by atomic mass is 10.0. The molecule has 0 spiro atoms. The third-order valence-corrected chi connectivity index (χ3v) is 4.47. The van der Waals surface area contributed by atoms with E-state index in [-0.39, 0.29) is 6.10 Å². The zero-order chi connectivity index (χ0) is 11.7. The third-order valence-electron chi connectivity index (χ3n) is 4.47. The quantitative estimate of drug-likeness (QED) is 0.864. The van der Waals surface area contributed by atoms with E-state index in [1.807, 2.05) is 30.3 Å². The average molecular weight is 231 g/mol. The van der Waals surface area contributed by atoms with Gasteiger partial charge in [-0.15, -0.1) is 0 Å². The molecule has 1 aromatic rings. The molecule has 1 aliphatic carbocycles. The standard InChI is InChI=1S/C15H21NO/c17-15(13-5-2-1-3-6-13)11-16-10-9-12-7-4-8-14(12)16/h1-3,5-6,12,14-15,17H,4,7-11H2/t12-,14-,15+/m1/s1.